The fourth-order valence-corrected chi connectivity index (χ4v) is 2.97. The molecule has 0 bridgehead atoms. The normalized spacial score (nSPS) is 16.2. The Morgan fingerprint density at radius 1 is 1.14 bits per heavy atom. The van der Waals surface area contributed by atoms with Crippen LogP contribution in [0.15, 0.2) is 18.2 Å². The predicted octanol–water partition coefficient (Wildman–Crippen LogP) is 3.18. The van der Waals surface area contributed by atoms with Gasteiger partial charge >= 0.3 is 0 Å². The minimum atomic E-state index is 0.393. The van der Waals surface area contributed by atoms with Gasteiger partial charge in [-0.1, -0.05) is 19.1 Å². The van der Waals surface area contributed by atoms with E-state index < -0.39 is 0 Å². The van der Waals surface area contributed by atoms with Gasteiger partial charge in [0.05, 0.1) is 0 Å². The number of Topliss-reactive ketones (excluding diaryl/α,β-unsaturated/α-hetero) is 1. The van der Waals surface area contributed by atoms with Crippen molar-refractivity contribution >= 4 is 11.5 Å². The molecule has 0 atom stereocenters. The van der Waals surface area contributed by atoms with Crippen LogP contribution in [0.1, 0.15) is 37.3 Å². The van der Waals surface area contributed by atoms with Crippen LogP contribution < -0.4 is 4.90 Å². The van der Waals surface area contributed by atoms with Gasteiger partial charge in [-0.25, -0.2) is 0 Å². The molecule has 1 aromatic carbocycles. The van der Waals surface area contributed by atoms with E-state index in [2.05, 4.69) is 41.8 Å². The quantitative estimate of drug-likeness (QED) is 0.803. The van der Waals surface area contributed by atoms with E-state index in [0.29, 0.717) is 12.2 Å². The molecule has 0 aromatic heterocycles. The SMILES string of the molecule is CCC(=O)CCCN1CCN(c2cccc(C)c2C)CC1. The van der Waals surface area contributed by atoms with Crippen LogP contribution >= 0.6 is 0 Å². The van der Waals surface area contributed by atoms with E-state index in [0.717, 1.165) is 45.6 Å². The number of carbonyl (C=O) groups is 1. The molecule has 0 N–H and O–H groups in total. The fraction of sp³-hybridized carbons (Fsp3) is 0.611. The average molecular weight is 288 g/mol. The van der Waals surface area contributed by atoms with Gasteiger partial charge in [-0.15, -0.1) is 0 Å². The van der Waals surface area contributed by atoms with Crippen molar-refractivity contribution in [3.05, 3.63) is 29.3 Å². The number of piperazine rings is 1. The number of hydrogen-bond donors (Lipinski definition) is 0. The van der Waals surface area contributed by atoms with Gasteiger partial charge in [0.2, 0.25) is 0 Å². The Bertz CT molecular complexity index is 476. The summed E-state index contributed by atoms with van der Waals surface area (Å²) in [5.74, 6) is 0.393. The average Bonchev–Trinajstić information content (AvgIpc) is 2.51. The van der Waals surface area contributed by atoms with E-state index in [9.17, 15) is 4.79 Å². The molecule has 1 heterocycles. The third-order valence-corrected chi connectivity index (χ3v) is 4.61. The molecule has 1 aliphatic rings. The largest absolute Gasteiger partial charge is 0.369 e. The zero-order valence-electron chi connectivity index (χ0n) is 13.7. The van der Waals surface area contributed by atoms with Gasteiger partial charge in [-0.2, -0.15) is 0 Å². The van der Waals surface area contributed by atoms with Crippen LogP contribution in [0.4, 0.5) is 5.69 Å². The standard InChI is InChI=1S/C18H28N2O/c1-4-17(21)8-6-10-19-11-13-20(14-12-19)18-9-5-7-15(2)16(18)3/h5,7,9H,4,6,8,10-14H2,1-3H3. The van der Waals surface area contributed by atoms with Gasteiger partial charge in [0.25, 0.3) is 0 Å². The van der Waals surface area contributed by atoms with E-state index in [4.69, 9.17) is 0 Å². The van der Waals surface area contributed by atoms with E-state index in [1.807, 2.05) is 6.92 Å². The van der Waals surface area contributed by atoms with Gasteiger partial charge in [-0.05, 0) is 44.0 Å². The van der Waals surface area contributed by atoms with Crippen LogP contribution in [0, 0.1) is 13.8 Å². The molecule has 0 aliphatic carbocycles. The maximum Gasteiger partial charge on any atom is 0.132 e. The lowest BCUT2D eigenvalue weighted by atomic mass is 10.1. The van der Waals surface area contributed by atoms with Gasteiger partial charge < -0.3 is 4.90 Å². The number of benzene rings is 1. The summed E-state index contributed by atoms with van der Waals surface area (Å²) in [5.41, 5.74) is 4.16. The summed E-state index contributed by atoms with van der Waals surface area (Å²) in [5, 5.41) is 0. The van der Waals surface area contributed by atoms with Crippen LogP contribution in [0.2, 0.25) is 0 Å². The third kappa shape index (κ3) is 4.31. The minimum absolute atomic E-state index is 0.393. The predicted molar refractivity (Wildman–Crippen MR) is 89.1 cm³/mol. The highest BCUT2D eigenvalue weighted by molar-refractivity contribution is 5.77. The van der Waals surface area contributed by atoms with Crippen molar-refractivity contribution in [1.82, 2.24) is 4.90 Å². The molecule has 1 fully saturated rings. The molecule has 1 aliphatic heterocycles. The summed E-state index contributed by atoms with van der Waals surface area (Å²) in [7, 11) is 0. The molecular weight excluding hydrogens is 260 g/mol. The number of rotatable bonds is 6. The molecule has 0 saturated carbocycles. The first kappa shape index (κ1) is 16.0. The van der Waals surface area contributed by atoms with E-state index in [1.165, 1.54) is 16.8 Å². The summed E-state index contributed by atoms with van der Waals surface area (Å²) in [6.45, 7) is 11.8. The smallest absolute Gasteiger partial charge is 0.132 e. The maximum absolute atomic E-state index is 11.3. The second kappa shape index (κ2) is 7.60. The highest BCUT2D eigenvalue weighted by Gasteiger charge is 2.18. The molecule has 0 spiro atoms. The van der Waals surface area contributed by atoms with Crippen molar-refractivity contribution in [3.8, 4) is 0 Å². The summed E-state index contributed by atoms with van der Waals surface area (Å²) < 4.78 is 0. The number of aryl methyl sites for hydroxylation is 1. The van der Waals surface area contributed by atoms with Crippen LogP contribution in [0.25, 0.3) is 0 Å². The Labute approximate surface area is 128 Å². The van der Waals surface area contributed by atoms with E-state index in [-0.39, 0.29) is 0 Å². The highest BCUT2D eigenvalue weighted by Crippen LogP contribution is 2.23. The van der Waals surface area contributed by atoms with Crippen molar-refractivity contribution in [2.45, 2.75) is 40.0 Å². The first-order valence-corrected chi connectivity index (χ1v) is 8.17. The maximum atomic E-state index is 11.3. The number of carbonyl (C=O) groups excluding carboxylic acids is 1. The molecule has 1 aromatic rings. The second-order valence-corrected chi connectivity index (χ2v) is 6.04. The summed E-state index contributed by atoms with van der Waals surface area (Å²) in [4.78, 5) is 16.3. The molecule has 21 heavy (non-hydrogen) atoms. The van der Waals surface area contributed by atoms with Crippen molar-refractivity contribution in [2.24, 2.45) is 0 Å². The molecule has 116 valence electrons. The Hall–Kier alpha value is -1.35. The summed E-state index contributed by atoms with van der Waals surface area (Å²) in [6, 6.07) is 6.57. The van der Waals surface area contributed by atoms with Crippen molar-refractivity contribution in [1.29, 1.82) is 0 Å². The molecule has 0 amide bonds. The molecule has 1 saturated heterocycles. The lowest BCUT2D eigenvalue weighted by Gasteiger charge is -2.37. The Morgan fingerprint density at radius 3 is 2.52 bits per heavy atom. The minimum Gasteiger partial charge on any atom is -0.369 e. The van der Waals surface area contributed by atoms with Crippen molar-refractivity contribution < 1.29 is 4.79 Å². The number of anilines is 1. The van der Waals surface area contributed by atoms with Gasteiger partial charge in [0.1, 0.15) is 5.78 Å². The lowest BCUT2D eigenvalue weighted by molar-refractivity contribution is -0.118. The van der Waals surface area contributed by atoms with Crippen LogP contribution in [0.5, 0.6) is 0 Å². The van der Waals surface area contributed by atoms with Crippen molar-refractivity contribution in [3.63, 3.8) is 0 Å². The monoisotopic (exact) mass is 288 g/mol. The Kier molecular flexibility index (Phi) is 5.80. The second-order valence-electron chi connectivity index (χ2n) is 6.04. The topological polar surface area (TPSA) is 23.6 Å². The molecule has 3 heteroatoms. The molecular formula is C18H28N2O. The number of nitrogens with zero attached hydrogens (tertiary/aromatic N) is 2. The lowest BCUT2D eigenvalue weighted by Crippen LogP contribution is -2.46. The zero-order valence-corrected chi connectivity index (χ0v) is 13.7. The number of ketones is 1. The fourth-order valence-electron chi connectivity index (χ4n) is 2.97. The van der Waals surface area contributed by atoms with Crippen LogP contribution in [-0.4, -0.2) is 43.4 Å². The molecule has 2 rings (SSSR count). The van der Waals surface area contributed by atoms with Gasteiger partial charge in [-0.3, -0.25) is 9.69 Å². The molecule has 0 radical (unpaired) electrons. The first-order valence-electron chi connectivity index (χ1n) is 8.17. The van der Waals surface area contributed by atoms with Gasteiger partial charge in [0.15, 0.2) is 0 Å². The molecule has 0 unspecified atom stereocenters. The van der Waals surface area contributed by atoms with Crippen LogP contribution in [0.3, 0.4) is 0 Å². The van der Waals surface area contributed by atoms with Gasteiger partial charge in [0, 0.05) is 44.7 Å². The Balaban J connectivity index is 1.80. The summed E-state index contributed by atoms with van der Waals surface area (Å²) in [6.07, 6.45) is 2.43. The first-order chi connectivity index (χ1) is 10.1. The zero-order chi connectivity index (χ0) is 15.2. The highest BCUT2D eigenvalue weighted by atomic mass is 16.1. The number of hydrogen-bond acceptors (Lipinski definition) is 3. The van der Waals surface area contributed by atoms with E-state index in [1.54, 1.807) is 0 Å². The van der Waals surface area contributed by atoms with E-state index >= 15 is 0 Å². The molecule has 3 nitrogen and oxygen atoms in total. The summed E-state index contributed by atoms with van der Waals surface area (Å²) >= 11 is 0. The van der Waals surface area contributed by atoms with Crippen LogP contribution in [-0.2, 0) is 4.79 Å². The Morgan fingerprint density at radius 2 is 1.86 bits per heavy atom. The third-order valence-electron chi connectivity index (χ3n) is 4.61. The van der Waals surface area contributed by atoms with Crippen molar-refractivity contribution in [2.75, 3.05) is 37.6 Å².